The summed E-state index contributed by atoms with van der Waals surface area (Å²) < 4.78 is 5.59. The van der Waals surface area contributed by atoms with Gasteiger partial charge in [-0.1, -0.05) is 32.0 Å². The Bertz CT molecular complexity index is 387. The highest BCUT2D eigenvalue weighted by molar-refractivity contribution is 5.77. The van der Waals surface area contributed by atoms with Crippen LogP contribution in [0, 0.1) is 0 Å². The molecule has 1 aromatic rings. The summed E-state index contributed by atoms with van der Waals surface area (Å²) in [6.07, 6.45) is 1.93. The smallest absolute Gasteiger partial charge is 0.260 e. The van der Waals surface area contributed by atoms with Crippen LogP contribution in [0.1, 0.15) is 32.3 Å². The standard InChI is InChI=1S/C15H24N2O2/c1-3-9-17(10-4-2)15(18)12-19-14-8-6-5-7-13(14)11-16/h5-8H,3-4,9-12,16H2,1-2H3. The second-order valence-corrected chi connectivity index (χ2v) is 4.48. The summed E-state index contributed by atoms with van der Waals surface area (Å²) in [5.41, 5.74) is 6.56. The summed E-state index contributed by atoms with van der Waals surface area (Å²) in [7, 11) is 0. The van der Waals surface area contributed by atoms with Gasteiger partial charge in [-0.3, -0.25) is 4.79 Å². The number of hydrogen-bond acceptors (Lipinski definition) is 3. The Morgan fingerprint density at radius 3 is 2.42 bits per heavy atom. The number of nitrogens with two attached hydrogens (primary N) is 1. The molecular weight excluding hydrogens is 240 g/mol. The number of carbonyl (C=O) groups excluding carboxylic acids is 1. The van der Waals surface area contributed by atoms with Gasteiger partial charge in [0.25, 0.3) is 5.91 Å². The summed E-state index contributed by atoms with van der Waals surface area (Å²) in [6, 6.07) is 7.56. The highest BCUT2D eigenvalue weighted by Crippen LogP contribution is 2.17. The highest BCUT2D eigenvalue weighted by Gasteiger charge is 2.13. The van der Waals surface area contributed by atoms with Crippen molar-refractivity contribution in [2.45, 2.75) is 33.2 Å². The van der Waals surface area contributed by atoms with Crippen molar-refractivity contribution in [2.24, 2.45) is 5.73 Å². The van der Waals surface area contributed by atoms with Gasteiger partial charge in [0, 0.05) is 25.2 Å². The monoisotopic (exact) mass is 264 g/mol. The van der Waals surface area contributed by atoms with Gasteiger partial charge < -0.3 is 15.4 Å². The lowest BCUT2D eigenvalue weighted by Crippen LogP contribution is -2.36. The first-order valence-corrected chi connectivity index (χ1v) is 6.91. The molecule has 0 fully saturated rings. The summed E-state index contributed by atoms with van der Waals surface area (Å²) in [4.78, 5) is 13.9. The van der Waals surface area contributed by atoms with Gasteiger partial charge in [0.15, 0.2) is 6.61 Å². The summed E-state index contributed by atoms with van der Waals surface area (Å²) in [6.45, 7) is 6.21. The molecule has 1 rings (SSSR count). The van der Waals surface area contributed by atoms with Gasteiger partial charge in [-0.15, -0.1) is 0 Å². The van der Waals surface area contributed by atoms with E-state index >= 15 is 0 Å². The Labute approximate surface area is 115 Å². The van der Waals surface area contributed by atoms with E-state index in [1.54, 1.807) is 0 Å². The lowest BCUT2D eigenvalue weighted by atomic mass is 10.2. The van der Waals surface area contributed by atoms with Gasteiger partial charge in [-0.2, -0.15) is 0 Å². The molecule has 0 aliphatic rings. The number of rotatable bonds is 8. The maximum Gasteiger partial charge on any atom is 0.260 e. The molecular formula is C15H24N2O2. The predicted molar refractivity (Wildman–Crippen MR) is 77.0 cm³/mol. The molecule has 0 aliphatic carbocycles. The molecule has 0 saturated carbocycles. The van der Waals surface area contributed by atoms with Crippen LogP contribution in [-0.2, 0) is 11.3 Å². The van der Waals surface area contributed by atoms with E-state index < -0.39 is 0 Å². The molecule has 0 spiro atoms. The third-order valence-corrected chi connectivity index (χ3v) is 2.88. The molecule has 4 heteroatoms. The van der Waals surface area contributed by atoms with Crippen molar-refractivity contribution in [1.29, 1.82) is 0 Å². The van der Waals surface area contributed by atoms with Gasteiger partial charge in [0.2, 0.25) is 0 Å². The summed E-state index contributed by atoms with van der Waals surface area (Å²) >= 11 is 0. The molecule has 0 aromatic heterocycles. The van der Waals surface area contributed by atoms with Gasteiger partial charge in [0.05, 0.1) is 0 Å². The molecule has 2 N–H and O–H groups in total. The minimum atomic E-state index is 0.0375. The molecule has 0 heterocycles. The summed E-state index contributed by atoms with van der Waals surface area (Å²) in [5.74, 6) is 0.738. The first-order chi connectivity index (χ1) is 9.22. The van der Waals surface area contributed by atoms with Crippen molar-refractivity contribution in [3.63, 3.8) is 0 Å². The van der Waals surface area contributed by atoms with Crippen molar-refractivity contribution >= 4 is 5.91 Å². The maximum absolute atomic E-state index is 12.1. The van der Waals surface area contributed by atoms with Crippen molar-refractivity contribution in [1.82, 2.24) is 4.90 Å². The Hall–Kier alpha value is -1.55. The topological polar surface area (TPSA) is 55.6 Å². The van der Waals surface area contributed by atoms with Gasteiger partial charge in [-0.25, -0.2) is 0 Å². The first kappa shape index (κ1) is 15.5. The van der Waals surface area contributed by atoms with Crippen LogP contribution in [0.5, 0.6) is 5.75 Å². The minimum Gasteiger partial charge on any atom is -0.483 e. The number of ether oxygens (including phenoxy) is 1. The molecule has 0 radical (unpaired) electrons. The van der Waals surface area contributed by atoms with Crippen molar-refractivity contribution in [3.8, 4) is 5.75 Å². The number of para-hydroxylation sites is 1. The molecule has 4 nitrogen and oxygen atoms in total. The fourth-order valence-corrected chi connectivity index (χ4v) is 1.95. The Balaban J connectivity index is 2.56. The van der Waals surface area contributed by atoms with Crippen molar-refractivity contribution in [2.75, 3.05) is 19.7 Å². The van der Waals surface area contributed by atoms with E-state index in [9.17, 15) is 4.79 Å². The van der Waals surface area contributed by atoms with Crippen LogP contribution in [0.15, 0.2) is 24.3 Å². The van der Waals surface area contributed by atoms with Crippen LogP contribution in [0.2, 0.25) is 0 Å². The Morgan fingerprint density at radius 1 is 1.21 bits per heavy atom. The fraction of sp³-hybridized carbons (Fsp3) is 0.533. The third-order valence-electron chi connectivity index (χ3n) is 2.88. The molecule has 0 saturated heterocycles. The zero-order chi connectivity index (χ0) is 14.1. The maximum atomic E-state index is 12.1. The van der Waals surface area contributed by atoms with Crippen LogP contribution in [0.25, 0.3) is 0 Å². The van der Waals surface area contributed by atoms with Gasteiger partial charge >= 0.3 is 0 Å². The van der Waals surface area contributed by atoms with Crippen molar-refractivity contribution < 1.29 is 9.53 Å². The lowest BCUT2D eigenvalue weighted by molar-refractivity contribution is -0.133. The Kier molecular flexibility index (Phi) is 6.97. The lowest BCUT2D eigenvalue weighted by Gasteiger charge is -2.21. The zero-order valence-corrected chi connectivity index (χ0v) is 11.9. The predicted octanol–water partition coefficient (Wildman–Crippen LogP) is 2.17. The average molecular weight is 264 g/mol. The van der Waals surface area contributed by atoms with E-state index in [0.717, 1.165) is 31.5 Å². The number of carbonyl (C=O) groups is 1. The number of benzene rings is 1. The zero-order valence-electron chi connectivity index (χ0n) is 11.9. The molecule has 1 amide bonds. The van der Waals surface area contributed by atoms with Gasteiger partial charge in [-0.05, 0) is 18.9 Å². The molecule has 1 aromatic carbocycles. The number of amides is 1. The van der Waals surface area contributed by atoms with Crippen LogP contribution in [0.3, 0.4) is 0 Å². The van der Waals surface area contributed by atoms with Crippen LogP contribution < -0.4 is 10.5 Å². The van der Waals surface area contributed by atoms with Gasteiger partial charge in [0.1, 0.15) is 5.75 Å². The molecule has 0 unspecified atom stereocenters. The van der Waals surface area contributed by atoms with E-state index in [-0.39, 0.29) is 12.5 Å². The minimum absolute atomic E-state index is 0.0375. The van der Waals surface area contributed by atoms with Crippen LogP contribution >= 0.6 is 0 Å². The quantitative estimate of drug-likeness (QED) is 0.783. The molecule has 0 bridgehead atoms. The first-order valence-electron chi connectivity index (χ1n) is 6.91. The van der Waals surface area contributed by atoms with E-state index in [0.29, 0.717) is 12.3 Å². The molecule has 0 aliphatic heterocycles. The third kappa shape index (κ3) is 4.91. The average Bonchev–Trinajstić information content (AvgIpc) is 2.44. The molecule has 19 heavy (non-hydrogen) atoms. The molecule has 0 atom stereocenters. The molecule has 106 valence electrons. The van der Waals surface area contributed by atoms with E-state index in [1.807, 2.05) is 29.2 Å². The second kappa shape index (κ2) is 8.53. The van der Waals surface area contributed by atoms with Crippen LogP contribution in [0.4, 0.5) is 0 Å². The Morgan fingerprint density at radius 2 is 1.84 bits per heavy atom. The highest BCUT2D eigenvalue weighted by atomic mass is 16.5. The largest absolute Gasteiger partial charge is 0.483 e. The van der Waals surface area contributed by atoms with E-state index in [4.69, 9.17) is 10.5 Å². The summed E-state index contributed by atoms with van der Waals surface area (Å²) in [5, 5.41) is 0. The number of hydrogen-bond donors (Lipinski definition) is 1. The second-order valence-electron chi connectivity index (χ2n) is 4.48. The SMILES string of the molecule is CCCN(CCC)C(=O)COc1ccccc1CN. The fourth-order valence-electron chi connectivity index (χ4n) is 1.95. The number of nitrogens with zero attached hydrogens (tertiary/aromatic N) is 1. The van der Waals surface area contributed by atoms with Crippen molar-refractivity contribution in [3.05, 3.63) is 29.8 Å². The van der Waals surface area contributed by atoms with Crippen LogP contribution in [-0.4, -0.2) is 30.5 Å². The normalized spacial score (nSPS) is 10.3. The van der Waals surface area contributed by atoms with E-state index in [2.05, 4.69) is 13.8 Å². The van der Waals surface area contributed by atoms with E-state index in [1.165, 1.54) is 0 Å².